The van der Waals surface area contributed by atoms with Crippen LogP contribution >= 0.6 is 0 Å². The number of pyridine rings is 4. The van der Waals surface area contributed by atoms with Crippen LogP contribution in [0.15, 0.2) is 128 Å². The predicted octanol–water partition coefficient (Wildman–Crippen LogP) is 3.25. The molecule has 6 rings (SSSR count). The molecule has 0 amide bonds. The number of nitrogens with zero attached hydrogens (tertiary/aromatic N) is 10. The van der Waals surface area contributed by atoms with E-state index in [1.165, 1.54) is 12.4 Å². The molecule has 41 heavy (non-hydrogen) atoms. The van der Waals surface area contributed by atoms with E-state index in [-0.39, 0.29) is 40.1 Å². The summed E-state index contributed by atoms with van der Waals surface area (Å²) in [6, 6.07) is 16.6. The summed E-state index contributed by atoms with van der Waals surface area (Å²) in [5.41, 5.74) is -1.86. The molecule has 0 bridgehead atoms. The summed E-state index contributed by atoms with van der Waals surface area (Å²) in [6.07, 6.45) is 9.30. The first-order valence-corrected chi connectivity index (χ1v) is 11.6. The smallest absolute Gasteiger partial charge is 0.363 e. The average Bonchev–Trinajstić information content (AvgIpc) is 3.67. The second kappa shape index (κ2) is 12.2. The molecule has 0 aliphatic carbocycles. The van der Waals surface area contributed by atoms with Gasteiger partial charge >= 0.3 is 23.3 Å². The third kappa shape index (κ3) is 5.66. The van der Waals surface area contributed by atoms with Crippen molar-refractivity contribution in [3.63, 3.8) is 0 Å². The van der Waals surface area contributed by atoms with Crippen molar-refractivity contribution in [3.05, 3.63) is 120 Å². The Morgan fingerprint density at radius 2 is 0.951 bits per heavy atom. The molecule has 14 nitrogen and oxygen atoms in total. The van der Waals surface area contributed by atoms with Gasteiger partial charge in [0.25, 0.3) is 0 Å². The van der Waals surface area contributed by atoms with Crippen LogP contribution < -0.4 is 0 Å². The quantitative estimate of drug-likeness (QED) is 0.319. The third-order valence-electron chi connectivity index (χ3n) is 5.63. The van der Waals surface area contributed by atoms with Crippen LogP contribution in [0.25, 0.3) is 0 Å². The number of aromatic nitrogens is 4. The van der Waals surface area contributed by atoms with E-state index in [0.29, 0.717) is 11.1 Å². The summed E-state index contributed by atoms with van der Waals surface area (Å²) in [5.74, 6) is -1.94. The number of rotatable bonds is 6. The van der Waals surface area contributed by atoms with Gasteiger partial charge in [-0.1, -0.05) is 12.1 Å². The van der Waals surface area contributed by atoms with E-state index in [9.17, 15) is 19.8 Å². The first kappa shape index (κ1) is 28.6. The number of carboxylic acids is 2. The number of hydrogen-bond acceptors (Lipinski definition) is 12. The molecule has 15 heteroatoms. The molecular formula is C26H18MnN10O4. The van der Waals surface area contributed by atoms with Crippen LogP contribution in [0.2, 0.25) is 0 Å². The number of hydrogen-bond donors (Lipinski definition) is 2. The normalized spacial score (nSPS) is 20.2. The Labute approximate surface area is 242 Å². The van der Waals surface area contributed by atoms with Gasteiger partial charge < -0.3 is 10.2 Å². The molecule has 0 saturated heterocycles. The molecule has 0 aromatic carbocycles. The van der Waals surface area contributed by atoms with E-state index in [0.717, 1.165) is 0 Å². The maximum atomic E-state index is 11.6. The van der Waals surface area contributed by atoms with Gasteiger partial charge in [-0.25, -0.2) is 19.6 Å². The van der Waals surface area contributed by atoms with Gasteiger partial charge in [-0.05, 0) is 48.5 Å². The van der Waals surface area contributed by atoms with Crippen LogP contribution in [-0.4, -0.2) is 53.8 Å². The Hall–Kier alpha value is -5.40. The van der Waals surface area contributed by atoms with Gasteiger partial charge in [-0.2, -0.15) is 0 Å². The Bertz CT molecular complexity index is 1530. The second-order valence-electron chi connectivity index (χ2n) is 8.13. The van der Waals surface area contributed by atoms with Gasteiger partial charge in [0.15, 0.2) is 11.7 Å². The fraction of sp³-hybridized carbons (Fsp3) is 0.0769. The number of aliphatic imine (C=N–C) groups is 2. The summed E-state index contributed by atoms with van der Waals surface area (Å²) in [5, 5.41) is 34.4. The van der Waals surface area contributed by atoms with Crippen molar-refractivity contribution in [2.24, 2.45) is 30.4 Å². The van der Waals surface area contributed by atoms with Crippen molar-refractivity contribution in [2.75, 3.05) is 0 Å². The minimum Gasteiger partial charge on any atom is -0.478 e. The van der Waals surface area contributed by atoms with E-state index >= 15 is 0 Å². The monoisotopic (exact) mass is 589 g/mol. The second-order valence-corrected chi connectivity index (χ2v) is 8.13. The van der Waals surface area contributed by atoms with Crippen molar-refractivity contribution >= 4 is 23.6 Å². The van der Waals surface area contributed by atoms with E-state index in [1.54, 1.807) is 85.5 Å². The van der Waals surface area contributed by atoms with Crippen molar-refractivity contribution in [1.82, 2.24) is 19.9 Å². The fourth-order valence-electron chi connectivity index (χ4n) is 3.64. The average molecular weight is 589 g/mol. The molecular weight excluding hydrogens is 571 g/mol. The number of amidine groups is 2. The minimum atomic E-state index is -1.81. The molecule has 2 atom stereocenters. The van der Waals surface area contributed by atoms with E-state index in [1.807, 2.05) is 0 Å². The molecule has 2 aliphatic rings. The Balaban J connectivity index is 0.000000184. The maximum absolute atomic E-state index is 11.6. The number of azo groups is 2. The zero-order valence-electron chi connectivity index (χ0n) is 20.8. The molecule has 203 valence electrons. The van der Waals surface area contributed by atoms with E-state index in [2.05, 4.69) is 50.4 Å². The molecule has 2 aliphatic heterocycles. The number of aliphatic carboxylic acids is 2. The predicted molar refractivity (Wildman–Crippen MR) is 138 cm³/mol. The SMILES string of the molecule is O=C(O)C1(c2ccccn2)N=NC(c2ccncc2)=N1.O=C(O)C1(c2ccccn2)N=NC(c2ccncc2)=N1.[Mn]. The third-order valence-corrected chi connectivity index (χ3v) is 5.63. The van der Waals surface area contributed by atoms with Gasteiger partial charge in [-0.3, -0.25) is 19.9 Å². The molecule has 6 heterocycles. The first-order valence-electron chi connectivity index (χ1n) is 11.6. The van der Waals surface area contributed by atoms with Crippen LogP contribution in [0.3, 0.4) is 0 Å². The van der Waals surface area contributed by atoms with E-state index < -0.39 is 23.3 Å². The molecule has 4 aromatic heterocycles. The summed E-state index contributed by atoms with van der Waals surface area (Å²) in [7, 11) is 0. The number of carboxylic acid groups (broad SMARTS) is 2. The van der Waals surface area contributed by atoms with Crippen molar-refractivity contribution in [3.8, 4) is 0 Å². The zero-order chi connectivity index (χ0) is 28.0. The van der Waals surface area contributed by atoms with E-state index in [4.69, 9.17) is 0 Å². The largest absolute Gasteiger partial charge is 0.478 e. The van der Waals surface area contributed by atoms with Gasteiger partial charge in [0.1, 0.15) is 11.4 Å². The summed E-state index contributed by atoms with van der Waals surface area (Å²) < 4.78 is 0. The van der Waals surface area contributed by atoms with Crippen LogP contribution in [0.1, 0.15) is 22.5 Å². The van der Waals surface area contributed by atoms with Gasteiger partial charge in [0.2, 0.25) is 0 Å². The van der Waals surface area contributed by atoms with Gasteiger partial charge in [-0.15, -0.1) is 20.5 Å². The van der Waals surface area contributed by atoms with Gasteiger partial charge in [0, 0.05) is 65.4 Å². The van der Waals surface area contributed by atoms with Crippen LogP contribution in [0.4, 0.5) is 0 Å². The molecule has 2 N–H and O–H groups in total. The summed E-state index contributed by atoms with van der Waals surface area (Å²) in [6.45, 7) is 0. The minimum absolute atomic E-state index is 0. The van der Waals surface area contributed by atoms with Crippen LogP contribution in [0, 0.1) is 0 Å². The standard InChI is InChI=1S/2C13H9N5O2.Mn/c2*19-12(20)13(10-3-1-2-6-15-10)16-11(17-18-13)9-4-7-14-8-5-9;/h2*1-8H,(H,19,20);. The Morgan fingerprint density at radius 3 is 1.27 bits per heavy atom. The maximum Gasteiger partial charge on any atom is 0.363 e. The van der Waals surface area contributed by atoms with Crippen LogP contribution in [-0.2, 0) is 38.0 Å². The molecule has 0 spiro atoms. The fourth-order valence-corrected chi connectivity index (χ4v) is 3.64. The Kier molecular flexibility index (Phi) is 8.51. The molecule has 1 radical (unpaired) electrons. The summed E-state index contributed by atoms with van der Waals surface area (Å²) in [4.78, 5) is 47.3. The van der Waals surface area contributed by atoms with Crippen molar-refractivity contribution < 1.29 is 36.9 Å². The molecule has 2 unspecified atom stereocenters. The summed E-state index contributed by atoms with van der Waals surface area (Å²) >= 11 is 0. The Morgan fingerprint density at radius 1 is 0.561 bits per heavy atom. The number of carbonyl (C=O) groups is 2. The van der Waals surface area contributed by atoms with Crippen LogP contribution in [0.5, 0.6) is 0 Å². The first-order chi connectivity index (χ1) is 19.4. The van der Waals surface area contributed by atoms with Crippen molar-refractivity contribution in [2.45, 2.75) is 11.3 Å². The molecule has 4 aromatic rings. The molecule has 0 saturated carbocycles. The van der Waals surface area contributed by atoms with Crippen molar-refractivity contribution in [1.29, 1.82) is 0 Å². The topological polar surface area (TPSA) is 200 Å². The zero-order valence-corrected chi connectivity index (χ0v) is 22.0. The van der Waals surface area contributed by atoms with Gasteiger partial charge in [0.05, 0.1) is 0 Å². The molecule has 0 fully saturated rings.